The van der Waals surface area contributed by atoms with Crippen molar-refractivity contribution in [2.24, 2.45) is 0 Å². The summed E-state index contributed by atoms with van der Waals surface area (Å²) in [6.07, 6.45) is 3.99. The van der Waals surface area contributed by atoms with Gasteiger partial charge in [-0.3, -0.25) is 0 Å². The quantitative estimate of drug-likeness (QED) is 0.877. The van der Waals surface area contributed by atoms with E-state index in [1.54, 1.807) is 6.07 Å². The van der Waals surface area contributed by atoms with Gasteiger partial charge in [-0.05, 0) is 31.7 Å². The van der Waals surface area contributed by atoms with Crippen LogP contribution in [0.5, 0.6) is 0 Å². The highest BCUT2D eigenvalue weighted by Crippen LogP contribution is 2.19. The zero-order valence-corrected chi connectivity index (χ0v) is 9.81. The summed E-state index contributed by atoms with van der Waals surface area (Å²) in [4.78, 5) is 0. The largest absolute Gasteiger partial charge is 0.314 e. The van der Waals surface area contributed by atoms with Crippen molar-refractivity contribution < 1.29 is 4.39 Å². The molecule has 1 rings (SSSR count). The molecule has 0 radical (unpaired) electrons. The van der Waals surface area contributed by atoms with Crippen LogP contribution >= 0.6 is 15.9 Å². The zero-order valence-electron chi connectivity index (χ0n) is 8.22. The van der Waals surface area contributed by atoms with E-state index in [2.05, 4.69) is 21.2 Å². The first-order valence-electron chi connectivity index (χ1n) is 4.44. The number of rotatable bonds is 3. The smallest absolute Gasteiger partial charge is 0.124 e. The molecule has 0 saturated heterocycles. The minimum Gasteiger partial charge on any atom is -0.314 e. The third-order valence-electron chi connectivity index (χ3n) is 1.98. The number of nitrogens with one attached hydrogen (secondary N) is 1. The molecule has 0 bridgehead atoms. The molecule has 0 aliphatic carbocycles. The Bertz CT molecular complexity index is 336. The van der Waals surface area contributed by atoms with Gasteiger partial charge in [0.15, 0.2) is 0 Å². The molecule has 1 atom stereocenters. The van der Waals surface area contributed by atoms with Gasteiger partial charge in [-0.1, -0.05) is 34.1 Å². The summed E-state index contributed by atoms with van der Waals surface area (Å²) >= 11 is 3.31. The Morgan fingerprint density at radius 1 is 1.50 bits per heavy atom. The van der Waals surface area contributed by atoms with Crippen LogP contribution in [0.2, 0.25) is 0 Å². The van der Waals surface area contributed by atoms with Gasteiger partial charge in [0.25, 0.3) is 0 Å². The minimum atomic E-state index is -0.226. The summed E-state index contributed by atoms with van der Waals surface area (Å²) < 4.78 is 13.5. The van der Waals surface area contributed by atoms with Crippen molar-refractivity contribution >= 4 is 22.0 Å². The van der Waals surface area contributed by atoms with Gasteiger partial charge in [0.1, 0.15) is 5.82 Å². The van der Waals surface area contributed by atoms with Crippen LogP contribution in [0, 0.1) is 5.82 Å². The van der Waals surface area contributed by atoms with Crippen LogP contribution in [0.4, 0.5) is 4.39 Å². The predicted molar refractivity (Wildman–Crippen MR) is 61.7 cm³/mol. The van der Waals surface area contributed by atoms with Crippen LogP contribution in [0.25, 0.3) is 6.08 Å². The average molecular weight is 258 g/mol. The van der Waals surface area contributed by atoms with Gasteiger partial charge in [0, 0.05) is 10.5 Å². The fraction of sp³-hybridized carbons (Fsp3) is 0.273. The second-order valence-electron chi connectivity index (χ2n) is 3.10. The summed E-state index contributed by atoms with van der Waals surface area (Å²) in [5.74, 6) is -0.226. The third-order valence-corrected chi connectivity index (χ3v) is 2.67. The summed E-state index contributed by atoms with van der Waals surface area (Å²) in [5, 5.41) is 3.09. The maximum atomic E-state index is 12.7. The molecule has 0 spiro atoms. The first kappa shape index (κ1) is 11.4. The lowest BCUT2D eigenvalue weighted by Gasteiger charge is -2.03. The Labute approximate surface area is 92.1 Å². The summed E-state index contributed by atoms with van der Waals surface area (Å²) in [6, 6.07) is 4.98. The van der Waals surface area contributed by atoms with E-state index in [1.807, 2.05) is 26.1 Å². The monoisotopic (exact) mass is 257 g/mol. The van der Waals surface area contributed by atoms with Crippen LogP contribution in [0.1, 0.15) is 12.5 Å². The van der Waals surface area contributed by atoms with E-state index in [0.717, 1.165) is 10.0 Å². The Balaban J connectivity index is 2.82. The first-order chi connectivity index (χ1) is 6.63. The lowest BCUT2D eigenvalue weighted by molar-refractivity contribution is 0.627. The van der Waals surface area contributed by atoms with Crippen molar-refractivity contribution in [3.63, 3.8) is 0 Å². The number of halogens is 2. The first-order valence-corrected chi connectivity index (χ1v) is 5.23. The third kappa shape index (κ3) is 3.24. The Morgan fingerprint density at radius 2 is 2.21 bits per heavy atom. The van der Waals surface area contributed by atoms with E-state index in [0.29, 0.717) is 6.04 Å². The van der Waals surface area contributed by atoms with E-state index in [9.17, 15) is 4.39 Å². The Hall–Kier alpha value is -0.670. The zero-order chi connectivity index (χ0) is 10.6. The fourth-order valence-corrected chi connectivity index (χ4v) is 1.46. The summed E-state index contributed by atoms with van der Waals surface area (Å²) in [7, 11) is 1.90. The lowest BCUT2D eigenvalue weighted by Crippen LogP contribution is -2.17. The van der Waals surface area contributed by atoms with Gasteiger partial charge < -0.3 is 5.32 Å². The summed E-state index contributed by atoms with van der Waals surface area (Å²) in [5.41, 5.74) is 0.980. The van der Waals surface area contributed by atoms with Gasteiger partial charge >= 0.3 is 0 Å². The summed E-state index contributed by atoms with van der Waals surface area (Å²) in [6.45, 7) is 2.05. The van der Waals surface area contributed by atoms with Crippen molar-refractivity contribution in [1.29, 1.82) is 0 Å². The molecule has 0 aromatic heterocycles. The van der Waals surface area contributed by atoms with E-state index >= 15 is 0 Å². The van der Waals surface area contributed by atoms with Crippen molar-refractivity contribution in [2.75, 3.05) is 7.05 Å². The van der Waals surface area contributed by atoms with Crippen LogP contribution < -0.4 is 5.32 Å². The molecule has 1 nitrogen and oxygen atoms in total. The molecule has 76 valence electrons. The standard InChI is InChI=1S/C11H13BrFN/c1-8(14-2)3-4-9-5-6-10(13)7-11(9)12/h3-8,14H,1-2H3/b4-3+. The molecule has 0 aliphatic rings. The molecule has 14 heavy (non-hydrogen) atoms. The maximum Gasteiger partial charge on any atom is 0.124 e. The topological polar surface area (TPSA) is 12.0 Å². The van der Waals surface area contributed by atoms with Crippen molar-refractivity contribution in [1.82, 2.24) is 5.32 Å². The van der Waals surface area contributed by atoms with Crippen molar-refractivity contribution in [2.45, 2.75) is 13.0 Å². The van der Waals surface area contributed by atoms with Gasteiger partial charge in [0.05, 0.1) is 0 Å². The highest BCUT2D eigenvalue weighted by Gasteiger charge is 1.98. The number of benzene rings is 1. The van der Waals surface area contributed by atoms with Gasteiger partial charge in [-0.15, -0.1) is 0 Å². The molecule has 0 aliphatic heterocycles. The number of likely N-dealkylation sites (N-methyl/N-ethyl adjacent to an activating group) is 1. The Morgan fingerprint density at radius 3 is 2.79 bits per heavy atom. The van der Waals surface area contributed by atoms with Crippen molar-refractivity contribution in [3.05, 3.63) is 40.1 Å². The molecule has 1 aromatic rings. The molecule has 1 unspecified atom stereocenters. The molecule has 0 heterocycles. The SMILES string of the molecule is CNC(C)/C=C/c1ccc(F)cc1Br. The van der Waals surface area contributed by atoms with Gasteiger partial charge in [-0.2, -0.15) is 0 Å². The molecule has 0 fully saturated rings. The van der Waals surface area contributed by atoms with Crippen LogP contribution in [-0.4, -0.2) is 13.1 Å². The van der Waals surface area contributed by atoms with Gasteiger partial charge in [0.2, 0.25) is 0 Å². The van der Waals surface area contributed by atoms with E-state index in [4.69, 9.17) is 0 Å². The fourth-order valence-electron chi connectivity index (χ4n) is 0.981. The molecule has 1 aromatic carbocycles. The molecule has 0 saturated carbocycles. The van der Waals surface area contributed by atoms with Crippen LogP contribution in [0.3, 0.4) is 0 Å². The minimum absolute atomic E-state index is 0.226. The van der Waals surface area contributed by atoms with Gasteiger partial charge in [-0.25, -0.2) is 4.39 Å². The lowest BCUT2D eigenvalue weighted by atomic mass is 10.2. The molecule has 0 amide bonds. The van der Waals surface area contributed by atoms with E-state index in [-0.39, 0.29) is 5.82 Å². The Kier molecular flexibility index (Phi) is 4.29. The second kappa shape index (κ2) is 5.27. The van der Waals surface area contributed by atoms with E-state index < -0.39 is 0 Å². The number of hydrogen-bond acceptors (Lipinski definition) is 1. The number of hydrogen-bond donors (Lipinski definition) is 1. The highest BCUT2D eigenvalue weighted by molar-refractivity contribution is 9.10. The average Bonchev–Trinajstić information content (AvgIpc) is 2.16. The molecule has 1 N–H and O–H groups in total. The molecular formula is C11H13BrFN. The highest BCUT2D eigenvalue weighted by atomic mass is 79.9. The van der Waals surface area contributed by atoms with Crippen molar-refractivity contribution in [3.8, 4) is 0 Å². The molecule has 3 heteroatoms. The van der Waals surface area contributed by atoms with E-state index in [1.165, 1.54) is 12.1 Å². The normalized spacial score (nSPS) is 13.4. The second-order valence-corrected chi connectivity index (χ2v) is 3.96. The molecular weight excluding hydrogens is 245 g/mol. The van der Waals surface area contributed by atoms with Crippen LogP contribution in [-0.2, 0) is 0 Å². The van der Waals surface area contributed by atoms with Crippen LogP contribution in [0.15, 0.2) is 28.7 Å². The maximum absolute atomic E-state index is 12.7. The predicted octanol–water partition coefficient (Wildman–Crippen LogP) is 3.21.